The number of carbonyl (C=O) groups is 2. The average molecular weight is 370 g/mol. The van der Waals surface area contributed by atoms with Gasteiger partial charge in [0.1, 0.15) is 0 Å². The third kappa shape index (κ3) is 4.34. The van der Waals surface area contributed by atoms with Gasteiger partial charge in [0, 0.05) is 45.2 Å². The topological polar surface area (TPSA) is 43.9 Å². The predicted octanol–water partition coefficient (Wildman–Crippen LogP) is 2.09. The van der Waals surface area contributed by atoms with E-state index in [2.05, 4.69) is 29.2 Å². The highest BCUT2D eigenvalue weighted by Crippen LogP contribution is 2.25. The lowest BCUT2D eigenvalue weighted by molar-refractivity contribution is -0.141. The Morgan fingerprint density at radius 2 is 1.70 bits per heavy atom. The summed E-state index contributed by atoms with van der Waals surface area (Å²) in [7, 11) is 0. The molecule has 4 rings (SSSR count). The summed E-state index contributed by atoms with van der Waals surface area (Å²) in [6.45, 7) is 4.50. The summed E-state index contributed by atoms with van der Waals surface area (Å²) in [6.07, 6.45) is 7.20. The molecule has 0 spiro atoms. The van der Waals surface area contributed by atoms with Crippen LogP contribution in [0.25, 0.3) is 0 Å². The van der Waals surface area contributed by atoms with Crippen LogP contribution in [-0.2, 0) is 22.4 Å². The minimum Gasteiger partial charge on any atom is -0.339 e. The average Bonchev–Trinajstić information content (AvgIpc) is 2.92. The molecule has 0 N–H and O–H groups in total. The first-order valence-electron chi connectivity index (χ1n) is 10.6. The Labute approximate surface area is 162 Å². The van der Waals surface area contributed by atoms with Crippen LogP contribution in [0.2, 0.25) is 0 Å². The number of likely N-dealkylation sites (tertiary alicyclic amines) is 1. The van der Waals surface area contributed by atoms with E-state index in [1.165, 1.54) is 17.5 Å². The van der Waals surface area contributed by atoms with Crippen LogP contribution < -0.4 is 0 Å². The van der Waals surface area contributed by atoms with Crippen molar-refractivity contribution in [1.82, 2.24) is 14.7 Å². The zero-order valence-corrected chi connectivity index (χ0v) is 16.2. The molecule has 2 amide bonds. The molecule has 2 saturated heterocycles. The Morgan fingerprint density at radius 3 is 2.52 bits per heavy atom. The van der Waals surface area contributed by atoms with Crippen LogP contribution in [0.4, 0.5) is 0 Å². The van der Waals surface area contributed by atoms with Crippen molar-refractivity contribution in [2.24, 2.45) is 0 Å². The minimum atomic E-state index is 0.124. The number of fused-ring (bicyclic) bond motifs is 1. The number of hydrogen-bond donors (Lipinski definition) is 0. The lowest BCUT2D eigenvalue weighted by Gasteiger charge is -2.41. The van der Waals surface area contributed by atoms with Gasteiger partial charge in [-0.15, -0.1) is 0 Å². The van der Waals surface area contributed by atoms with Crippen molar-refractivity contribution < 1.29 is 9.59 Å². The maximum Gasteiger partial charge on any atom is 0.242 e. The third-order valence-electron chi connectivity index (χ3n) is 6.50. The maximum absolute atomic E-state index is 12.7. The standard InChI is InChI=1S/C22H31N3O2/c26-21-8-2-1-5-11-25(21)17-22(27)24-14-12-23(13-15-24)20-10-9-18-6-3-4-7-19(18)16-20/h3-4,6-7,20H,1-2,5,8-17H2/t20-/m1/s1. The van der Waals surface area contributed by atoms with E-state index in [4.69, 9.17) is 0 Å². The van der Waals surface area contributed by atoms with Gasteiger partial charge in [-0.2, -0.15) is 0 Å². The van der Waals surface area contributed by atoms with Gasteiger partial charge in [-0.25, -0.2) is 0 Å². The Kier molecular flexibility index (Phi) is 5.77. The van der Waals surface area contributed by atoms with Crippen molar-refractivity contribution in [3.8, 4) is 0 Å². The van der Waals surface area contributed by atoms with E-state index in [0.717, 1.165) is 64.8 Å². The highest BCUT2D eigenvalue weighted by molar-refractivity contribution is 5.85. The van der Waals surface area contributed by atoms with Crippen molar-refractivity contribution in [3.05, 3.63) is 35.4 Å². The molecule has 1 aliphatic carbocycles. The Balaban J connectivity index is 1.27. The molecule has 0 aromatic heterocycles. The van der Waals surface area contributed by atoms with Gasteiger partial charge in [0.05, 0.1) is 6.54 Å². The summed E-state index contributed by atoms with van der Waals surface area (Å²) in [4.78, 5) is 31.1. The van der Waals surface area contributed by atoms with Crippen molar-refractivity contribution in [3.63, 3.8) is 0 Å². The van der Waals surface area contributed by atoms with Crippen LogP contribution >= 0.6 is 0 Å². The van der Waals surface area contributed by atoms with E-state index in [9.17, 15) is 9.59 Å². The second-order valence-electron chi connectivity index (χ2n) is 8.21. The highest BCUT2D eigenvalue weighted by Gasteiger charge is 2.29. The summed E-state index contributed by atoms with van der Waals surface area (Å²) in [6, 6.07) is 9.40. The molecule has 1 atom stereocenters. The first kappa shape index (κ1) is 18.5. The molecule has 0 saturated carbocycles. The molecular weight excluding hydrogens is 338 g/mol. The quantitative estimate of drug-likeness (QED) is 0.819. The Morgan fingerprint density at radius 1 is 0.926 bits per heavy atom. The number of rotatable bonds is 3. The second-order valence-corrected chi connectivity index (χ2v) is 8.21. The molecule has 2 aliphatic heterocycles. The number of aryl methyl sites for hydroxylation is 1. The molecular formula is C22H31N3O2. The van der Waals surface area contributed by atoms with E-state index in [1.54, 1.807) is 4.90 Å². The molecule has 2 fully saturated rings. The van der Waals surface area contributed by atoms with E-state index in [1.807, 2.05) is 4.90 Å². The molecule has 1 aromatic rings. The molecule has 2 heterocycles. The van der Waals surface area contributed by atoms with Crippen LogP contribution in [0.15, 0.2) is 24.3 Å². The zero-order chi connectivity index (χ0) is 18.6. The van der Waals surface area contributed by atoms with Crippen molar-refractivity contribution in [2.75, 3.05) is 39.3 Å². The van der Waals surface area contributed by atoms with Crippen molar-refractivity contribution in [2.45, 2.75) is 51.0 Å². The lowest BCUT2D eigenvalue weighted by atomic mass is 9.87. The summed E-state index contributed by atoms with van der Waals surface area (Å²) in [5.74, 6) is 0.277. The zero-order valence-electron chi connectivity index (χ0n) is 16.2. The molecule has 0 radical (unpaired) electrons. The fourth-order valence-corrected chi connectivity index (χ4v) is 4.80. The number of piperazine rings is 1. The van der Waals surface area contributed by atoms with Crippen LogP contribution in [-0.4, -0.2) is 71.8 Å². The molecule has 0 bridgehead atoms. The summed E-state index contributed by atoms with van der Waals surface area (Å²) >= 11 is 0. The van der Waals surface area contributed by atoms with Crippen molar-refractivity contribution in [1.29, 1.82) is 0 Å². The smallest absolute Gasteiger partial charge is 0.242 e. The minimum absolute atomic E-state index is 0.124. The van der Waals surface area contributed by atoms with Gasteiger partial charge in [-0.1, -0.05) is 30.7 Å². The van der Waals surface area contributed by atoms with Crippen LogP contribution in [0.5, 0.6) is 0 Å². The molecule has 5 heteroatoms. The van der Waals surface area contributed by atoms with Crippen LogP contribution in [0.1, 0.15) is 43.2 Å². The Hall–Kier alpha value is -1.88. The number of amides is 2. The predicted molar refractivity (Wildman–Crippen MR) is 105 cm³/mol. The molecule has 3 aliphatic rings. The largest absolute Gasteiger partial charge is 0.339 e. The van der Waals surface area contributed by atoms with Gasteiger partial charge < -0.3 is 9.80 Å². The Bertz CT molecular complexity index is 682. The summed E-state index contributed by atoms with van der Waals surface area (Å²) in [5, 5.41) is 0. The number of carbonyl (C=O) groups excluding carboxylic acids is 2. The summed E-state index contributed by atoms with van der Waals surface area (Å²) in [5.41, 5.74) is 3.00. The van der Waals surface area contributed by atoms with E-state index >= 15 is 0 Å². The van der Waals surface area contributed by atoms with Gasteiger partial charge in [0.2, 0.25) is 11.8 Å². The first-order chi connectivity index (χ1) is 13.2. The van der Waals surface area contributed by atoms with Gasteiger partial charge in [0.25, 0.3) is 0 Å². The van der Waals surface area contributed by atoms with Gasteiger partial charge >= 0.3 is 0 Å². The van der Waals surface area contributed by atoms with Crippen molar-refractivity contribution >= 4 is 11.8 Å². The molecule has 146 valence electrons. The van der Waals surface area contributed by atoms with Crippen LogP contribution in [0.3, 0.4) is 0 Å². The van der Waals surface area contributed by atoms with Gasteiger partial charge in [0.15, 0.2) is 0 Å². The fraction of sp³-hybridized carbons (Fsp3) is 0.636. The molecule has 5 nitrogen and oxygen atoms in total. The second kappa shape index (κ2) is 8.42. The van der Waals surface area contributed by atoms with E-state index < -0.39 is 0 Å². The normalized spacial score (nSPS) is 24.4. The lowest BCUT2D eigenvalue weighted by Crippen LogP contribution is -2.54. The first-order valence-corrected chi connectivity index (χ1v) is 10.6. The highest BCUT2D eigenvalue weighted by atomic mass is 16.2. The molecule has 1 aromatic carbocycles. The van der Waals surface area contributed by atoms with Gasteiger partial charge in [-0.05, 0) is 43.2 Å². The fourth-order valence-electron chi connectivity index (χ4n) is 4.80. The third-order valence-corrected chi connectivity index (χ3v) is 6.50. The van der Waals surface area contributed by atoms with Crippen LogP contribution in [0, 0.1) is 0 Å². The maximum atomic E-state index is 12.7. The SMILES string of the molecule is O=C(CN1CCCCCC1=O)N1CCN([C@@H]2CCc3ccccc3C2)CC1. The number of hydrogen-bond acceptors (Lipinski definition) is 3. The monoisotopic (exact) mass is 369 g/mol. The number of benzene rings is 1. The van der Waals surface area contributed by atoms with E-state index in [-0.39, 0.29) is 18.4 Å². The number of nitrogens with zero attached hydrogens (tertiary/aromatic N) is 3. The molecule has 27 heavy (non-hydrogen) atoms. The van der Waals surface area contributed by atoms with E-state index in [0.29, 0.717) is 12.5 Å². The van der Waals surface area contributed by atoms with Gasteiger partial charge in [-0.3, -0.25) is 14.5 Å². The summed E-state index contributed by atoms with van der Waals surface area (Å²) < 4.78 is 0. The molecule has 0 unspecified atom stereocenters.